The Morgan fingerprint density at radius 1 is 1.29 bits per heavy atom. The maximum atomic E-state index is 12.6. The van der Waals surface area contributed by atoms with Gasteiger partial charge in [-0.15, -0.1) is 24.8 Å². The van der Waals surface area contributed by atoms with Gasteiger partial charge in [0, 0.05) is 31.4 Å². The van der Waals surface area contributed by atoms with Crippen LogP contribution in [0, 0.1) is 0 Å². The minimum Gasteiger partial charge on any atom is -0.350 e. The second-order valence-electron chi connectivity index (χ2n) is 6.90. The Hall–Kier alpha value is -1.02. The fourth-order valence-electron chi connectivity index (χ4n) is 2.92. The molecule has 1 fully saturated rings. The lowest BCUT2D eigenvalue weighted by molar-refractivity contribution is -0.129. The quantitative estimate of drug-likeness (QED) is 0.593. The average Bonchev–Trinajstić information content (AvgIpc) is 3.20. The van der Waals surface area contributed by atoms with Gasteiger partial charge in [0.2, 0.25) is 5.91 Å². The van der Waals surface area contributed by atoms with Gasteiger partial charge in [0.25, 0.3) is 5.91 Å². The van der Waals surface area contributed by atoms with E-state index in [2.05, 4.69) is 10.3 Å². The fourth-order valence-corrected chi connectivity index (χ4v) is 3.92. The minimum atomic E-state index is -0.399. The Bertz CT molecular complexity index is 638. The molecule has 6 nitrogen and oxygen atoms in total. The van der Waals surface area contributed by atoms with E-state index in [0.29, 0.717) is 17.1 Å². The Labute approximate surface area is 184 Å². The zero-order valence-corrected chi connectivity index (χ0v) is 19.2. The number of carbonyl (C=O) groups is 2. The molecule has 0 aromatic carbocycles. The molecule has 28 heavy (non-hydrogen) atoms. The Morgan fingerprint density at radius 2 is 1.89 bits per heavy atom. The predicted molar refractivity (Wildman–Crippen MR) is 120 cm³/mol. The molecule has 3 N–H and O–H groups in total. The number of rotatable bonds is 8. The highest BCUT2D eigenvalue weighted by atomic mass is 35.5. The highest BCUT2D eigenvalue weighted by Gasteiger charge is 2.26. The molecule has 0 aliphatic carbocycles. The van der Waals surface area contributed by atoms with E-state index in [0.717, 1.165) is 38.8 Å². The molecule has 2 amide bonds. The van der Waals surface area contributed by atoms with Crippen molar-refractivity contribution >= 4 is 48.4 Å². The average molecular weight is 451 g/mol. The van der Waals surface area contributed by atoms with Crippen molar-refractivity contribution in [1.29, 1.82) is 0 Å². The highest BCUT2D eigenvalue weighted by Crippen LogP contribution is 2.27. The number of nitrogens with zero attached hydrogens (tertiary/aromatic N) is 2. The molecule has 1 atom stereocenters. The molecule has 1 saturated heterocycles. The molecule has 0 spiro atoms. The number of nitrogens with two attached hydrogens (primary N) is 1. The van der Waals surface area contributed by atoms with Gasteiger partial charge in [-0.05, 0) is 44.7 Å². The number of amides is 2. The van der Waals surface area contributed by atoms with Crippen LogP contribution in [0.2, 0.25) is 0 Å². The number of hydrogen-bond donors (Lipinski definition) is 2. The summed E-state index contributed by atoms with van der Waals surface area (Å²) in [5.74, 6) is -0.0828. The van der Waals surface area contributed by atoms with Crippen LogP contribution in [-0.4, -0.2) is 52.1 Å². The molecule has 2 heterocycles. The van der Waals surface area contributed by atoms with Crippen molar-refractivity contribution in [2.45, 2.75) is 62.3 Å². The van der Waals surface area contributed by atoms with Crippen LogP contribution >= 0.6 is 36.6 Å². The standard InChI is InChI=1S/C19H30N4O2S.2ClH/c1-4-19(20,5-2)13-22-16(24)15-9-8-10-21-17(15)26-14(3)18(25)23-11-6-7-12-23;;/h8-10,14H,4-7,11-13,20H2,1-3H3,(H,22,24);2*1H. The van der Waals surface area contributed by atoms with Gasteiger partial charge in [0.15, 0.2) is 0 Å². The molecule has 160 valence electrons. The lowest BCUT2D eigenvalue weighted by Crippen LogP contribution is -2.49. The van der Waals surface area contributed by atoms with Crippen LogP contribution in [-0.2, 0) is 4.79 Å². The number of carbonyl (C=O) groups excluding carboxylic acids is 2. The first-order valence-electron chi connectivity index (χ1n) is 9.37. The van der Waals surface area contributed by atoms with Crippen molar-refractivity contribution in [1.82, 2.24) is 15.2 Å². The number of aromatic nitrogens is 1. The number of nitrogens with one attached hydrogen (secondary N) is 1. The summed E-state index contributed by atoms with van der Waals surface area (Å²) in [6, 6.07) is 3.48. The molecule has 2 rings (SSSR count). The highest BCUT2D eigenvalue weighted by molar-refractivity contribution is 8.00. The first-order valence-corrected chi connectivity index (χ1v) is 10.3. The van der Waals surface area contributed by atoms with E-state index in [1.165, 1.54) is 11.8 Å². The number of halogens is 2. The summed E-state index contributed by atoms with van der Waals surface area (Å²) in [6.07, 6.45) is 5.36. The maximum Gasteiger partial charge on any atom is 0.254 e. The first kappa shape index (κ1) is 27.0. The normalized spacial score (nSPS) is 14.6. The van der Waals surface area contributed by atoms with Crippen molar-refractivity contribution < 1.29 is 9.59 Å². The molecule has 0 bridgehead atoms. The minimum absolute atomic E-state index is 0. The van der Waals surface area contributed by atoms with Crippen molar-refractivity contribution in [2.75, 3.05) is 19.6 Å². The monoisotopic (exact) mass is 450 g/mol. The van der Waals surface area contributed by atoms with E-state index in [1.807, 2.05) is 25.7 Å². The molecule has 1 aromatic rings. The SMILES string of the molecule is CCC(N)(CC)CNC(=O)c1cccnc1SC(C)C(=O)N1CCCC1.Cl.Cl. The maximum absolute atomic E-state index is 12.6. The second kappa shape index (κ2) is 12.5. The van der Waals surface area contributed by atoms with Gasteiger partial charge >= 0.3 is 0 Å². The topological polar surface area (TPSA) is 88.3 Å². The molecule has 0 radical (unpaired) electrons. The van der Waals surface area contributed by atoms with E-state index >= 15 is 0 Å². The van der Waals surface area contributed by atoms with Gasteiger partial charge < -0.3 is 16.0 Å². The van der Waals surface area contributed by atoms with Crippen LogP contribution in [0.3, 0.4) is 0 Å². The fraction of sp³-hybridized carbons (Fsp3) is 0.632. The van der Waals surface area contributed by atoms with Gasteiger partial charge in [0.05, 0.1) is 10.8 Å². The molecule has 0 saturated carbocycles. The number of pyridine rings is 1. The lowest BCUT2D eigenvalue weighted by Gasteiger charge is -2.27. The van der Waals surface area contributed by atoms with Gasteiger partial charge in [0.1, 0.15) is 5.03 Å². The summed E-state index contributed by atoms with van der Waals surface area (Å²) >= 11 is 1.34. The van der Waals surface area contributed by atoms with Crippen LogP contribution in [0.1, 0.15) is 56.8 Å². The largest absolute Gasteiger partial charge is 0.350 e. The Kier molecular flexibility index (Phi) is 12.1. The smallest absolute Gasteiger partial charge is 0.254 e. The van der Waals surface area contributed by atoms with Gasteiger partial charge in [-0.25, -0.2) is 4.98 Å². The van der Waals surface area contributed by atoms with Gasteiger partial charge in [-0.3, -0.25) is 9.59 Å². The number of likely N-dealkylation sites (tertiary alicyclic amines) is 1. The molecular formula is C19H32Cl2N4O2S. The summed E-state index contributed by atoms with van der Waals surface area (Å²) in [5.41, 5.74) is 6.36. The van der Waals surface area contributed by atoms with E-state index < -0.39 is 5.54 Å². The zero-order chi connectivity index (χ0) is 19.2. The summed E-state index contributed by atoms with van der Waals surface area (Å²) in [5, 5.41) is 3.24. The van der Waals surface area contributed by atoms with Crippen LogP contribution in [0.25, 0.3) is 0 Å². The Morgan fingerprint density at radius 3 is 2.46 bits per heavy atom. The first-order chi connectivity index (χ1) is 12.4. The third kappa shape index (κ3) is 7.10. The summed E-state index contributed by atoms with van der Waals surface area (Å²) in [7, 11) is 0. The number of hydrogen-bond acceptors (Lipinski definition) is 5. The molecule has 1 aromatic heterocycles. The van der Waals surface area contributed by atoms with Crippen LogP contribution in [0.5, 0.6) is 0 Å². The van der Waals surface area contributed by atoms with E-state index in [9.17, 15) is 9.59 Å². The third-order valence-corrected chi connectivity index (χ3v) is 6.18. The second-order valence-corrected chi connectivity index (χ2v) is 8.23. The van der Waals surface area contributed by atoms with E-state index in [1.54, 1.807) is 18.3 Å². The van der Waals surface area contributed by atoms with Crippen LogP contribution in [0.15, 0.2) is 23.4 Å². The van der Waals surface area contributed by atoms with Crippen molar-refractivity contribution in [3.8, 4) is 0 Å². The number of thioether (sulfide) groups is 1. The molecular weight excluding hydrogens is 419 g/mol. The molecule has 1 aliphatic rings. The van der Waals surface area contributed by atoms with Gasteiger partial charge in [-0.1, -0.05) is 25.6 Å². The lowest BCUT2D eigenvalue weighted by atomic mass is 9.94. The third-order valence-electron chi connectivity index (χ3n) is 5.08. The zero-order valence-electron chi connectivity index (χ0n) is 16.8. The van der Waals surface area contributed by atoms with Crippen LogP contribution in [0.4, 0.5) is 0 Å². The molecule has 1 unspecified atom stereocenters. The summed E-state index contributed by atoms with van der Waals surface area (Å²) in [6.45, 7) is 7.98. The summed E-state index contributed by atoms with van der Waals surface area (Å²) < 4.78 is 0. The van der Waals surface area contributed by atoms with Gasteiger partial charge in [-0.2, -0.15) is 0 Å². The molecule has 9 heteroatoms. The molecule has 1 aliphatic heterocycles. The summed E-state index contributed by atoms with van der Waals surface area (Å²) in [4.78, 5) is 31.4. The van der Waals surface area contributed by atoms with E-state index in [4.69, 9.17) is 5.73 Å². The van der Waals surface area contributed by atoms with Crippen LogP contribution < -0.4 is 11.1 Å². The van der Waals surface area contributed by atoms with Crippen molar-refractivity contribution in [3.05, 3.63) is 23.9 Å². The van der Waals surface area contributed by atoms with E-state index in [-0.39, 0.29) is 41.9 Å². The Balaban J connectivity index is 0.00000364. The predicted octanol–water partition coefficient (Wildman–Crippen LogP) is 3.28. The van der Waals surface area contributed by atoms with Crippen molar-refractivity contribution in [3.63, 3.8) is 0 Å². The van der Waals surface area contributed by atoms with Crippen molar-refractivity contribution in [2.24, 2.45) is 5.73 Å².